The molecule has 1 fully saturated rings. The van der Waals surface area contributed by atoms with Crippen molar-refractivity contribution in [3.63, 3.8) is 0 Å². The van der Waals surface area contributed by atoms with Crippen LogP contribution in [0.1, 0.15) is 15.2 Å². The second-order valence-corrected chi connectivity index (χ2v) is 5.72. The van der Waals surface area contributed by atoms with E-state index in [1.54, 1.807) is 40.5 Å². The van der Waals surface area contributed by atoms with Crippen LogP contribution in [-0.2, 0) is 6.54 Å². The number of benzene rings is 1. The standard InChI is InChI=1S/C15H15N3O2S/c19-14(17-10-13-2-1-9-21-13)11-3-5-12(6-4-11)18-8-7-16-15(18)20/h1-6,9H,7-8,10H2,(H,16,20)(H,17,19). The van der Waals surface area contributed by atoms with E-state index in [-0.39, 0.29) is 11.9 Å². The van der Waals surface area contributed by atoms with Crippen LogP contribution in [0, 0.1) is 0 Å². The molecule has 2 aromatic rings. The highest BCUT2D eigenvalue weighted by molar-refractivity contribution is 7.09. The fourth-order valence-electron chi connectivity index (χ4n) is 2.19. The molecule has 1 aromatic carbocycles. The third-order valence-electron chi connectivity index (χ3n) is 3.30. The van der Waals surface area contributed by atoms with Crippen LogP contribution < -0.4 is 15.5 Å². The number of nitrogens with zero attached hydrogens (tertiary/aromatic N) is 1. The van der Waals surface area contributed by atoms with Crippen LogP contribution >= 0.6 is 11.3 Å². The molecule has 1 aromatic heterocycles. The molecule has 0 aliphatic carbocycles. The average molecular weight is 301 g/mol. The van der Waals surface area contributed by atoms with Crippen LogP contribution in [0.5, 0.6) is 0 Å². The predicted octanol–water partition coefficient (Wildman–Crippen LogP) is 2.21. The van der Waals surface area contributed by atoms with Crippen LogP contribution in [-0.4, -0.2) is 25.0 Å². The van der Waals surface area contributed by atoms with Crippen molar-refractivity contribution >= 4 is 29.0 Å². The third-order valence-corrected chi connectivity index (χ3v) is 4.18. The van der Waals surface area contributed by atoms with Gasteiger partial charge in [0.25, 0.3) is 5.91 Å². The van der Waals surface area contributed by atoms with Gasteiger partial charge in [-0.3, -0.25) is 9.69 Å². The lowest BCUT2D eigenvalue weighted by atomic mass is 10.2. The molecule has 2 N–H and O–H groups in total. The summed E-state index contributed by atoms with van der Waals surface area (Å²) in [7, 11) is 0. The molecule has 6 heteroatoms. The summed E-state index contributed by atoms with van der Waals surface area (Å²) in [5, 5.41) is 7.61. The molecule has 0 radical (unpaired) electrons. The Morgan fingerprint density at radius 1 is 1.29 bits per heavy atom. The van der Waals surface area contributed by atoms with Gasteiger partial charge in [0, 0.05) is 29.2 Å². The average Bonchev–Trinajstić information content (AvgIpc) is 3.16. The zero-order valence-corrected chi connectivity index (χ0v) is 12.2. The normalized spacial score (nSPS) is 14.1. The molecule has 1 saturated heterocycles. The zero-order chi connectivity index (χ0) is 14.7. The summed E-state index contributed by atoms with van der Waals surface area (Å²) in [5.74, 6) is -0.110. The molecule has 5 nitrogen and oxygen atoms in total. The summed E-state index contributed by atoms with van der Waals surface area (Å²) in [6.07, 6.45) is 0. The van der Waals surface area contributed by atoms with Gasteiger partial charge in [0.1, 0.15) is 0 Å². The van der Waals surface area contributed by atoms with Gasteiger partial charge in [-0.05, 0) is 35.7 Å². The van der Waals surface area contributed by atoms with Gasteiger partial charge in [-0.25, -0.2) is 4.79 Å². The maximum absolute atomic E-state index is 12.0. The molecule has 0 spiro atoms. The highest BCUT2D eigenvalue weighted by atomic mass is 32.1. The van der Waals surface area contributed by atoms with Crippen molar-refractivity contribution < 1.29 is 9.59 Å². The van der Waals surface area contributed by atoms with E-state index in [1.807, 2.05) is 17.5 Å². The Labute approximate surface area is 126 Å². The summed E-state index contributed by atoms with van der Waals surface area (Å²) in [4.78, 5) is 26.4. The van der Waals surface area contributed by atoms with Crippen LogP contribution in [0.15, 0.2) is 41.8 Å². The van der Waals surface area contributed by atoms with Crippen molar-refractivity contribution in [3.05, 3.63) is 52.2 Å². The predicted molar refractivity (Wildman–Crippen MR) is 82.7 cm³/mol. The van der Waals surface area contributed by atoms with E-state index < -0.39 is 0 Å². The van der Waals surface area contributed by atoms with Crippen molar-refractivity contribution in [2.45, 2.75) is 6.54 Å². The van der Waals surface area contributed by atoms with E-state index in [0.717, 1.165) is 10.6 Å². The molecule has 0 saturated carbocycles. The molecular weight excluding hydrogens is 286 g/mol. The Morgan fingerprint density at radius 2 is 2.10 bits per heavy atom. The van der Waals surface area contributed by atoms with Gasteiger partial charge in [0.2, 0.25) is 0 Å². The Hall–Kier alpha value is -2.34. The van der Waals surface area contributed by atoms with Crippen molar-refractivity contribution in [1.82, 2.24) is 10.6 Å². The van der Waals surface area contributed by atoms with Crippen LogP contribution in [0.3, 0.4) is 0 Å². The number of nitrogens with one attached hydrogen (secondary N) is 2. The van der Waals surface area contributed by atoms with E-state index in [2.05, 4.69) is 10.6 Å². The molecule has 0 bridgehead atoms. The lowest BCUT2D eigenvalue weighted by Gasteiger charge is -2.14. The SMILES string of the molecule is O=C(NCc1cccs1)c1ccc(N2CCNC2=O)cc1. The fraction of sp³-hybridized carbons (Fsp3) is 0.200. The lowest BCUT2D eigenvalue weighted by molar-refractivity contribution is 0.0951. The number of carbonyl (C=O) groups excluding carboxylic acids is 2. The minimum absolute atomic E-state index is 0.0927. The van der Waals surface area contributed by atoms with Gasteiger partial charge < -0.3 is 10.6 Å². The largest absolute Gasteiger partial charge is 0.347 e. The number of anilines is 1. The Bertz CT molecular complexity index is 637. The molecule has 3 amide bonds. The monoisotopic (exact) mass is 301 g/mol. The summed E-state index contributed by atoms with van der Waals surface area (Å²) in [5.41, 5.74) is 1.40. The topological polar surface area (TPSA) is 61.4 Å². The van der Waals surface area contributed by atoms with Crippen LogP contribution in [0.25, 0.3) is 0 Å². The van der Waals surface area contributed by atoms with Gasteiger partial charge >= 0.3 is 6.03 Å². The van der Waals surface area contributed by atoms with Crippen LogP contribution in [0.2, 0.25) is 0 Å². The fourth-order valence-corrected chi connectivity index (χ4v) is 2.84. The minimum Gasteiger partial charge on any atom is -0.347 e. The van der Waals surface area contributed by atoms with Crippen molar-refractivity contribution in [2.24, 2.45) is 0 Å². The first kappa shape index (κ1) is 13.6. The van der Waals surface area contributed by atoms with Crippen molar-refractivity contribution in [3.8, 4) is 0 Å². The lowest BCUT2D eigenvalue weighted by Crippen LogP contribution is -2.27. The number of hydrogen-bond donors (Lipinski definition) is 2. The first-order chi connectivity index (χ1) is 10.2. The number of amides is 3. The molecule has 0 atom stereocenters. The first-order valence-electron chi connectivity index (χ1n) is 6.70. The molecule has 1 aliphatic heterocycles. The highest BCUT2D eigenvalue weighted by Gasteiger charge is 2.21. The third kappa shape index (κ3) is 3.05. The molecule has 1 aliphatic rings. The van der Waals surface area contributed by atoms with Gasteiger partial charge in [-0.2, -0.15) is 0 Å². The molecular formula is C15H15N3O2S. The zero-order valence-electron chi connectivity index (χ0n) is 11.3. The molecule has 0 unspecified atom stereocenters. The van der Waals surface area contributed by atoms with E-state index >= 15 is 0 Å². The molecule has 3 rings (SSSR count). The second kappa shape index (κ2) is 5.97. The van der Waals surface area contributed by atoms with E-state index in [9.17, 15) is 9.59 Å². The Balaban J connectivity index is 1.63. The number of urea groups is 1. The smallest absolute Gasteiger partial charge is 0.321 e. The second-order valence-electron chi connectivity index (χ2n) is 4.69. The van der Waals surface area contributed by atoms with Gasteiger partial charge in [-0.15, -0.1) is 11.3 Å². The maximum atomic E-state index is 12.0. The summed E-state index contributed by atoms with van der Waals surface area (Å²) in [6, 6.07) is 10.9. The first-order valence-corrected chi connectivity index (χ1v) is 7.58. The number of rotatable bonds is 4. The minimum atomic E-state index is -0.110. The molecule has 108 valence electrons. The van der Waals surface area contributed by atoms with E-state index in [1.165, 1.54) is 0 Å². The van der Waals surface area contributed by atoms with Crippen molar-refractivity contribution in [1.29, 1.82) is 0 Å². The van der Waals surface area contributed by atoms with Crippen LogP contribution in [0.4, 0.5) is 10.5 Å². The Kier molecular flexibility index (Phi) is 3.87. The van der Waals surface area contributed by atoms with Gasteiger partial charge in [0.05, 0.1) is 6.54 Å². The van der Waals surface area contributed by atoms with Gasteiger partial charge in [-0.1, -0.05) is 6.07 Å². The number of carbonyl (C=O) groups is 2. The highest BCUT2D eigenvalue weighted by Crippen LogP contribution is 2.17. The number of thiophene rings is 1. The summed E-state index contributed by atoms with van der Waals surface area (Å²) < 4.78 is 0. The quantitative estimate of drug-likeness (QED) is 0.909. The van der Waals surface area contributed by atoms with E-state index in [4.69, 9.17) is 0 Å². The Morgan fingerprint density at radius 3 is 2.71 bits per heavy atom. The molecule has 2 heterocycles. The maximum Gasteiger partial charge on any atom is 0.321 e. The number of hydrogen-bond acceptors (Lipinski definition) is 3. The van der Waals surface area contributed by atoms with E-state index in [0.29, 0.717) is 25.2 Å². The molecule has 21 heavy (non-hydrogen) atoms. The summed E-state index contributed by atoms with van der Waals surface area (Å²) >= 11 is 1.61. The van der Waals surface area contributed by atoms with Crippen molar-refractivity contribution in [2.75, 3.05) is 18.0 Å². The van der Waals surface area contributed by atoms with Gasteiger partial charge in [0.15, 0.2) is 0 Å². The summed E-state index contributed by atoms with van der Waals surface area (Å²) in [6.45, 7) is 1.84.